The highest BCUT2D eigenvalue weighted by Gasteiger charge is 2.70. The van der Waals surface area contributed by atoms with Gasteiger partial charge in [0, 0.05) is 10.8 Å². The average Bonchev–Trinajstić information content (AvgIpc) is 3.29. The van der Waals surface area contributed by atoms with Crippen LogP contribution in [0.1, 0.15) is 98.8 Å². The molecule has 19 heteroatoms. The normalized spacial score (nSPS) is 53.4. The third kappa shape index (κ3) is 8.89. The lowest BCUT2D eigenvalue weighted by Gasteiger charge is -2.72. The monoisotopic (exact) mass is 949 g/mol. The van der Waals surface area contributed by atoms with Crippen LogP contribution in [0.4, 0.5) is 0 Å². The zero-order valence-corrected chi connectivity index (χ0v) is 39.1. The highest BCUT2D eigenvalue weighted by atomic mass is 16.8. The first-order valence-corrected chi connectivity index (χ1v) is 24.2. The fourth-order valence-electron chi connectivity index (χ4n) is 14.4. The second kappa shape index (κ2) is 20.2. The van der Waals surface area contributed by atoms with Gasteiger partial charge in [0.05, 0.1) is 51.8 Å². The van der Waals surface area contributed by atoms with E-state index in [0.29, 0.717) is 38.5 Å². The molecule has 3 aliphatic heterocycles. The minimum absolute atomic E-state index is 0.0389. The van der Waals surface area contributed by atoms with Crippen molar-refractivity contribution in [1.29, 1.82) is 0 Å². The smallest absolute Gasteiger partial charge is 0.187 e. The molecule has 0 unspecified atom stereocenters. The second-order valence-electron chi connectivity index (χ2n) is 22.1. The van der Waals surface area contributed by atoms with Gasteiger partial charge in [0.1, 0.15) is 67.1 Å². The van der Waals surface area contributed by atoms with E-state index >= 15 is 0 Å². The standard InChI is InChI=1S/C47H80O19/c1-23(17-48)7-6-12-47(21-51)16-15-45(4)24(39(47)60)8-9-29-43(2)13-11-30(65-42-38(31(53)25(52)20-61-42)66-41-37(59)35(57)33(55)27(19-50)64-41)44(3,28(43)10-14-46(29,45)5)22-62-40-36(58)34(56)32(54)26(18-49)63-40/h7,24-42,48-60H,6,8-22H2,1-5H3/b23-7-/t24-,25-,26-,27-,28-,29-,30+,31+,32-,33-,34+,35+,36-,37-,38-,39-,40-,41+,42+,43+,44+,45-,46-,47-/m1/s1. The molecule has 3 heterocycles. The molecule has 0 radical (unpaired) electrons. The first kappa shape index (κ1) is 52.8. The van der Waals surface area contributed by atoms with Crippen LogP contribution in [0.15, 0.2) is 11.6 Å². The first-order valence-electron chi connectivity index (χ1n) is 24.2. The van der Waals surface area contributed by atoms with Gasteiger partial charge in [0.25, 0.3) is 0 Å². The Morgan fingerprint density at radius 3 is 1.89 bits per heavy atom. The first-order chi connectivity index (χ1) is 31.1. The number of ether oxygens (including phenoxy) is 6. The molecule has 24 atom stereocenters. The maximum Gasteiger partial charge on any atom is 0.187 e. The molecule has 66 heavy (non-hydrogen) atoms. The maximum atomic E-state index is 12.3. The minimum Gasteiger partial charge on any atom is -0.396 e. The quantitative estimate of drug-likeness (QED) is 0.0701. The molecule has 0 amide bonds. The molecule has 7 aliphatic rings. The molecule has 7 fully saturated rings. The summed E-state index contributed by atoms with van der Waals surface area (Å²) in [6.07, 6.45) is -14.5. The van der Waals surface area contributed by atoms with Crippen molar-refractivity contribution in [2.75, 3.05) is 39.6 Å². The van der Waals surface area contributed by atoms with E-state index in [-0.39, 0.29) is 60.4 Å². The number of rotatable bonds is 14. The van der Waals surface area contributed by atoms with Gasteiger partial charge in [-0.25, -0.2) is 0 Å². The van der Waals surface area contributed by atoms with Crippen molar-refractivity contribution >= 4 is 0 Å². The molecule has 19 nitrogen and oxygen atoms in total. The van der Waals surface area contributed by atoms with E-state index in [1.54, 1.807) is 0 Å². The summed E-state index contributed by atoms with van der Waals surface area (Å²) >= 11 is 0. The van der Waals surface area contributed by atoms with Crippen LogP contribution in [0.5, 0.6) is 0 Å². The summed E-state index contributed by atoms with van der Waals surface area (Å²) in [5.41, 5.74) is -1.62. The summed E-state index contributed by atoms with van der Waals surface area (Å²) in [6, 6.07) is 0. The van der Waals surface area contributed by atoms with E-state index in [1.165, 1.54) is 0 Å². The van der Waals surface area contributed by atoms with Crippen LogP contribution in [-0.4, -0.2) is 204 Å². The maximum absolute atomic E-state index is 12.3. The van der Waals surface area contributed by atoms with Crippen molar-refractivity contribution in [3.05, 3.63) is 11.6 Å². The van der Waals surface area contributed by atoms with Crippen LogP contribution in [0.25, 0.3) is 0 Å². The molecule has 4 aliphatic carbocycles. The molecular weight excluding hydrogens is 868 g/mol. The van der Waals surface area contributed by atoms with Crippen LogP contribution < -0.4 is 0 Å². The molecule has 0 aromatic carbocycles. The van der Waals surface area contributed by atoms with E-state index in [9.17, 15) is 66.4 Å². The molecule has 0 aromatic rings. The van der Waals surface area contributed by atoms with Crippen molar-refractivity contribution in [3.63, 3.8) is 0 Å². The van der Waals surface area contributed by atoms with Crippen molar-refractivity contribution in [2.45, 2.75) is 197 Å². The predicted molar refractivity (Wildman–Crippen MR) is 230 cm³/mol. The van der Waals surface area contributed by atoms with Crippen LogP contribution in [0.3, 0.4) is 0 Å². The van der Waals surface area contributed by atoms with Crippen molar-refractivity contribution in [2.24, 2.45) is 44.8 Å². The fourth-order valence-corrected chi connectivity index (χ4v) is 14.4. The Kier molecular flexibility index (Phi) is 16.2. The number of allylic oxidation sites excluding steroid dienone is 1. The predicted octanol–water partition coefficient (Wildman–Crippen LogP) is -1.44. The van der Waals surface area contributed by atoms with E-state index in [1.807, 2.05) is 19.9 Å². The molecule has 3 saturated heterocycles. The summed E-state index contributed by atoms with van der Waals surface area (Å²) < 4.78 is 36.7. The lowest BCUT2D eigenvalue weighted by atomic mass is 9.33. The van der Waals surface area contributed by atoms with Gasteiger partial charge in [-0.3, -0.25) is 0 Å². The molecule has 382 valence electrons. The molecule has 7 rings (SSSR count). The summed E-state index contributed by atoms with van der Waals surface area (Å²) in [4.78, 5) is 0. The Bertz CT molecular complexity index is 1650. The molecule has 0 aromatic heterocycles. The zero-order valence-electron chi connectivity index (χ0n) is 39.1. The summed E-state index contributed by atoms with van der Waals surface area (Å²) in [5.74, 6) is -0.0387. The Labute approximate surface area is 387 Å². The molecule has 13 N–H and O–H groups in total. The van der Waals surface area contributed by atoms with Crippen LogP contribution in [-0.2, 0) is 28.4 Å². The number of hydrogen-bond donors (Lipinski definition) is 13. The van der Waals surface area contributed by atoms with Crippen LogP contribution >= 0.6 is 0 Å². The summed E-state index contributed by atoms with van der Waals surface area (Å²) in [6.45, 7) is 8.87. The average molecular weight is 949 g/mol. The van der Waals surface area contributed by atoms with Crippen molar-refractivity contribution in [3.8, 4) is 0 Å². The van der Waals surface area contributed by atoms with E-state index < -0.39 is 122 Å². The second-order valence-corrected chi connectivity index (χ2v) is 22.1. The third-order valence-corrected chi connectivity index (χ3v) is 18.8. The topological polar surface area (TPSA) is 318 Å². The van der Waals surface area contributed by atoms with Gasteiger partial charge in [0.2, 0.25) is 0 Å². The lowest BCUT2D eigenvalue weighted by Crippen LogP contribution is -2.69. The van der Waals surface area contributed by atoms with Gasteiger partial charge in [-0.1, -0.05) is 39.3 Å². The minimum atomic E-state index is -1.82. The van der Waals surface area contributed by atoms with Crippen molar-refractivity contribution in [1.82, 2.24) is 0 Å². The Morgan fingerprint density at radius 2 is 1.27 bits per heavy atom. The van der Waals surface area contributed by atoms with E-state index in [4.69, 9.17) is 28.4 Å². The number of aliphatic hydroxyl groups excluding tert-OH is 13. The number of hydrogen-bond acceptors (Lipinski definition) is 19. The van der Waals surface area contributed by atoms with Gasteiger partial charge >= 0.3 is 0 Å². The van der Waals surface area contributed by atoms with Gasteiger partial charge in [-0.15, -0.1) is 0 Å². The Balaban J connectivity index is 1.18. The summed E-state index contributed by atoms with van der Waals surface area (Å²) in [7, 11) is 0. The van der Waals surface area contributed by atoms with Gasteiger partial charge in [-0.05, 0) is 105 Å². The molecule has 0 bridgehead atoms. The third-order valence-electron chi connectivity index (χ3n) is 18.8. The molecule has 0 spiro atoms. The van der Waals surface area contributed by atoms with Crippen molar-refractivity contribution < 1.29 is 94.8 Å². The van der Waals surface area contributed by atoms with E-state index in [2.05, 4.69) is 20.8 Å². The zero-order chi connectivity index (χ0) is 48.3. The lowest BCUT2D eigenvalue weighted by molar-refractivity contribution is -0.371. The summed E-state index contributed by atoms with van der Waals surface area (Å²) in [5, 5.41) is 139. The number of aliphatic hydroxyl groups is 13. The molecular formula is C47H80O19. The van der Waals surface area contributed by atoms with Crippen LogP contribution in [0.2, 0.25) is 0 Å². The van der Waals surface area contributed by atoms with E-state index in [0.717, 1.165) is 31.3 Å². The molecule has 4 saturated carbocycles. The number of fused-ring (bicyclic) bond motifs is 5. The Morgan fingerprint density at radius 1 is 0.636 bits per heavy atom. The van der Waals surface area contributed by atoms with Crippen LogP contribution in [0, 0.1) is 44.8 Å². The largest absolute Gasteiger partial charge is 0.396 e. The highest BCUT2D eigenvalue weighted by molar-refractivity contribution is 5.19. The van der Waals surface area contributed by atoms with Gasteiger partial charge < -0.3 is 94.8 Å². The Hall–Kier alpha value is -1.02. The van der Waals surface area contributed by atoms with Gasteiger partial charge in [-0.2, -0.15) is 0 Å². The SMILES string of the molecule is C/C(=C/CC[C@]1(CO)CC[C@]2(C)[C@H](CC[C@@H]3[C@@]4(C)CC[C@H](O[C@@H]5OC[C@@H](O)[C@H](O)[C@H]5O[C@@H]5O[C@H](CO)[C@@H](O)[C@H](O)[C@H]5O)[C@@](C)(CO[C@@H]5O[C@H](CO)[C@@H](O)[C@H](O)[C@H]5O)[C@@H]4CC[C@]32C)[C@H]1O)CO. The van der Waals surface area contributed by atoms with Gasteiger partial charge in [0.15, 0.2) is 18.9 Å². The fraction of sp³-hybridized carbons (Fsp3) is 0.957. The highest BCUT2D eigenvalue weighted by Crippen LogP contribution is 2.75.